The lowest BCUT2D eigenvalue weighted by molar-refractivity contribution is 0.0954. The van der Waals surface area contributed by atoms with Crippen LogP contribution < -0.4 is 10.2 Å². The summed E-state index contributed by atoms with van der Waals surface area (Å²) in [7, 11) is 1.87. The molecule has 0 saturated carbocycles. The van der Waals surface area contributed by atoms with Crippen LogP contribution in [0.2, 0.25) is 0 Å². The molecular formula is C24H21F2N5OS. The van der Waals surface area contributed by atoms with Crippen molar-refractivity contribution in [2.75, 3.05) is 11.9 Å². The molecule has 2 aromatic carbocycles. The van der Waals surface area contributed by atoms with Crippen molar-refractivity contribution in [1.29, 1.82) is 0 Å². The molecule has 0 aliphatic carbocycles. The highest BCUT2D eigenvalue weighted by molar-refractivity contribution is 7.17. The van der Waals surface area contributed by atoms with Crippen molar-refractivity contribution >= 4 is 23.1 Å². The highest BCUT2D eigenvalue weighted by Gasteiger charge is 2.18. The van der Waals surface area contributed by atoms with Gasteiger partial charge in [0.1, 0.15) is 33.0 Å². The van der Waals surface area contributed by atoms with Crippen molar-refractivity contribution in [3.63, 3.8) is 0 Å². The van der Waals surface area contributed by atoms with E-state index in [1.165, 1.54) is 35.6 Å². The minimum Gasteiger partial charge on any atom is -0.354 e. The van der Waals surface area contributed by atoms with E-state index in [-0.39, 0.29) is 24.1 Å². The maximum absolute atomic E-state index is 13.1. The number of aryl methyl sites for hydroxylation is 1. The molecule has 0 aliphatic heterocycles. The zero-order valence-electron chi connectivity index (χ0n) is 18.0. The van der Waals surface area contributed by atoms with Crippen molar-refractivity contribution < 1.29 is 13.6 Å². The average Bonchev–Trinajstić information content (AvgIpc) is 3.22. The first-order chi connectivity index (χ1) is 15.9. The van der Waals surface area contributed by atoms with E-state index in [1.54, 1.807) is 43.6 Å². The molecule has 0 radical (unpaired) electrons. The zero-order valence-corrected chi connectivity index (χ0v) is 18.9. The van der Waals surface area contributed by atoms with Crippen LogP contribution in [0.4, 0.5) is 14.6 Å². The topological polar surface area (TPSA) is 71.0 Å². The SMILES string of the molecule is Cc1nc(-c2cncc(N(C)Cc3ccc(F)cc3)n2)sc1C(=O)NCc1ccc(F)cc1. The number of amides is 1. The van der Waals surface area contributed by atoms with Crippen LogP contribution in [0.25, 0.3) is 10.7 Å². The molecule has 33 heavy (non-hydrogen) atoms. The van der Waals surface area contributed by atoms with Gasteiger partial charge in [-0.3, -0.25) is 9.78 Å². The Labute approximate surface area is 194 Å². The van der Waals surface area contributed by atoms with Gasteiger partial charge in [-0.15, -0.1) is 11.3 Å². The van der Waals surface area contributed by atoms with Gasteiger partial charge >= 0.3 is 0 Å². The van der Waals surface area contributed by atoms with E-state index in [2.05, 4.69) is 20.3 Å². The second kappa shape index (κ2) is 9.83. The Morgan fingerprint density at radius 1 is 0.970 bits per heavy atom. The summed E-state index contributed by atoms with van der Waals surface area (Å²) in [5, 5.41) is 3.43. The van der Waals surface area contributed by atoms with Gasteiger partial charge in [0.25, 0.3) is 5.91 Å². The van der Waals surface area contributed by atoms with E-state index in [0.29, 0.717) is 33.6 Å². The number of hydrogen-bond acceptors (Lipinski definition) is 6. The number of nitrogens with zero attached hydrogens (tertiary/aromatic N) is 4. The molecule has 2 aromatic heterocycles. The van der Waals surface area contributed by atoms with Crippen molar-refractivity contribution in [1.82, 2.24) is 20.3 Å². The molecular weight excluding hydrogens is 444 g/mol. The first kappa shape index (κ1) is 22.5. The second-order valence-electron chi connectivity index (χ2n) is 7.49. The van der Waals surface area contributed by atoms with Gasteiger partial charge in [-0.25, -0.2) is 18.7 Å². The smallest absolute Gasteiger partial charge is 0.263 e. The van der Waals surface area contributed by atoms with Gasteiger partial charge in [0.2, 0.25) is 0 Å². The summed E-state index contributed by atoms with van der Waals surface area (Å²) in [4.78, 5) is 28.5. The third-order valence-corrected chi connectivity index (χ3v) is 6.11. The quantitative estimate of drug-likeness (QED) is 0.426. The molecule has 6 nitrogen and oxygen atoms in total. The molecule has 0 saturated heterocycles. The summed E-state index contributed by atoms with van der Waals surface area (Å²) >= 11 is 1.24. The van der Waals surface area contributed by atoms with Crippen LogP contribution in [0.5, 0.6) is 0 Å². The van der Waals surface area contributed by atoms with Crippen molar-refractivity contribution in [2.24, 2.45) is 0 Å². The van der Waals surface area contributed by atoms with E-state index in [1.807, 2.05) is 11.9 Å². The normalized spacial score (nSPS) is 10.8. The molecule has 0 bridgehead atoms. The van der Waals surface area contributed by atoms with E-state index in [4.69, 9.17) is 0 Å². The van der Waals surface area contributed by atoms with Gasteiger partial charge < -0.3 is 10.2 Å². The third-order valence-electron chi connectivity index (χ3n) is 4.93. The summed E-state index contributed by atoms with van der Waals surface area (Å²) in [5.74, 6) is -0.218. The van der Waals surface area contributed by atoms with E-state index in [9.17, 15) is 13.6 Å². The monoisotopic (exact) mass is 465 g/mol. The van der Waals surface area contributed by atoms with Crippen LogP contribution in [0.15, 0.2) is 60.9 Å². The lowest BCUT2D eigenvalue weighted by Crippen LogP contribution is -2.22. The van der Waals surface area contributed by atoms with E-state index >= 15 is 0 Å². The van der Waals surface area contributed by atoms with Crippen LogP contribution in [-0.4, -0.2) is 27.9 Å². The van der Waals surface area contributed by atoms with E-state index < -0.39 is 0 Å². The van der Waals surface area contributed by atoms with Crippen molar-refractivity contribution in [2.45, 2.75) is 20.0 Å². The number of benzene rings is 2. The zero-order chi connectivity index (χ0) is 23.4. The van der Waals surface area contributed by atoms with Crippen LogP contribution in [-0.2, 0) is 13.1 Å². The number of nitrogens with one attached hydrogen (secondary N) is 1. The fraction of sp³-hybridized carbons (Fsp3) is 0.167. The second-order valence-corrected chi connectivity index (χ2v) is 8.49. The van der Waals surface area contributed by atoms with E-state index in [0.717, 1.165) is 11.1 Å². The Balaban J connectivity index is 1.47. The standard InChI is InChI=1S/C24H21F2N5OS/c1-15-22(23(32)28-11-16-3-7-18(25)8-4-16)33-24(29-15)20-12-27-13-21(30-20)31(2)14-17-5-9-19(26)10-6-17/h3-10,12-13H,11,14H2,1-2H3,(H,28,32). The highest BCUT2D eigenvalue weighted by atomic mass is 32.1. The average molecular weight is 466 g/mol. The summed E-state index contributed by atoms with van der Waals surface area (Å²) in [6.07, 6.45) is 3.25. The summed E-state index contributed by atoms with van der Waals surface area (Å²) in [5.41, 5.74) is 2.90. The maximum atomic E-state index is 13.1. The van der Waals surface area contributed by atoms with Crippen molar-refractivity contribution in [3.05, 3.63) is 94.3 Å². The molecule has 9 heteroatoms. The predicted molar refractivity (Wildman–Crippen MR) is 124 cm³/mol. The Morgan fingerprint density at radius 3 is 2.27 bits per heavy atom. The van der Waals surface area contributed by atoms with Crippen LogP contribution in [0.3, 0.4) is 0 Å². The molecule has 1 amide bonds. The van der Waals surface area contributed by atoms with Crippen LogP contribution in [0.1, 0.15) is 26.5 Å². The van der Waals surface area contributed by atoms with Gasteiger partial charge in [-0.2, -0.15) is 0 Å². The van der Waals surface area contributed by atoms with Gasteiger partial charge in [0.15, 0.2) is 0 Å². The number of rotatable bonds is 7. The minimum absolute atomic E-state index is 0.252. The largest absolute Gasteiger partial charge is 0.354 e. The maximum Gasteiger partial charge on any atom is 0.263 e. The highest BCUT2D eigenvalue weighted by Crippen LogP contribution is 2.27. The lowest BCUT2D eigenvalue weighted by atomic mass is 10.2. The molecule has 168 valence electrons. The molecule has 0 spiro atoms. The fourth-order valence-corrected chi connectivity index (χ4v) is 4.11. The lowest BCUT2D eigenvalue weighted by Gasteiger charge is -2.18. The first-order valence-electron chi connectivity index (χ1n) is 10.2. The first-order valence-corrected chi connectivity index (χ1v) is 11.0. The summed E-state index contributed by atoms with van der Waals surface area (Å²) < 4.78 is 26.2. The Morgan fingerprint density at radius 2 is 1.61 bits per heavy atom. The number of carbonyl (C=O) groups excluding carboxylic acids is 1. The van der Waals surface area contributed by atoms with Gasteiger partial charge in [0, 0.05) is 20.1 Å². The van der Waals surface area contributed by atoms with Crippen LogP contribution in [0, 0.1) is 18.6 Å². The third kappa shape index (κ3) is 5.56. The molecule has 0 unspecified atom stereocenters. The number of thiazole rings is 1. The number of hydrogen-bond donors (Lipinski definition) is 1. The minimum atomic E-state index is -0.320. The molecule has 4 rings (SSSR count). The molecule has 1 N–H and O–H groups in total. The molecule has 0 aliphatic rings. The van der Waals surface area contributed by atoms with Crippen molar-refractivity contribution in [3.8, 4) is 10.7 Å². The summed E-state index contributed by atoms with van der Waals surface area (Å²) in [6, 6.07) is 12.3. The van der Waals surface area contributed by atoms with Gasteiger partial charge in [-0.1, -0.05) is 24.3 Å². The molecule has 0 atom stereocenters. The number of halogens is 2. The Kier molecular flexibility index (Phi) is 6.69. The Bertz CT molecular complexity index is 1260. The Hall–Kier alpha value is -3.72. The molecule has 2 heterocycles. The summed E-state index contributed by atoms with van der Waals surface area (Å²) in [6.45, 7) is 2.59. The van der Waals surface area contributed by atoms with Crippen LogP contribution >= 0.6 is 11.3 Å². The van der Waals surface area contributed by atoms with Gasteiger partial charge in [-0.05, 0) is 42.3 Å². The molecule has 4 aromatic rings. The molecule has 0 fully saturated rings. The fourth-order valence-electron chi connectivity index (χ4n) is 3.17. The predicted octanol–water partition coefficient (Wildman–Crippen LogP) is 4.75. The number of carbonyl (C=O) groups is 1. The number of anilines is 1. The number of aromatic nitrogens is 3. The van der Waals surface area contributed by atoms with Gasteiger partial charge in [0.05, 0.1) is 18.1 Å².